The first-order chi connectivity index (χ1) is 5.31. The summed E-state index contributed by atoms with van der Waals surface area (Å²) in [5.41, 5.74) is 0. The van der Waals surface area contributed by atoms with Gasteiger partial charge in [-0.2, -0.15) is 0 Å². The highest BCUT2D eigenvalue weighted by Crippen LogP contribution is 2.06. The normalized spacial score (nSPS) is 12.5. The number of aliphatic hydroxyl groups excluding tert-OH is 1. The Kier molecular flexibility index (Phi) is 7.29. The SMILES string of the molecule is C#C[C@@H](O)CCCCCCC. The molecule has 0 aliphatic heterocycles. The molecule has 0 spiro atoms. The van der Waals surface area contributed by atoms with Crippen LogP contribution in [0.1, 0.15) is 45.4 Å². The fourth-order valence-corrected chi connectivity index (χ4v) is 1.02. The van der Waals surface area contributed by atoms with Crippen LogP contribution in [-0.4, -0.2) is 11.2 Å². The van der Waals surface area contributed by atoms with Crippen LogP contribution >= 0.6 is 0 Å². The van der Waals surface area contributed by atoms with E-state index >= 15 is 0 Å². The van der Waals surface area contributed by atoms with Gasteiger partial charge in [0.25, 0.3) is 0 Å². The molecule has 0 heterocycles. The fourth-order valence-electron chi connectivity index (χ4n) is 1.02. The van der Waals surface area contributed by atoms with Gasteiger partial charge in [0.05, 0.1) is 0 Å². The first-order valence-corrected chi connectivity index (χ1v) is 4.45. The molecule has 0 aliphatic rings. The summed E-state index contributed by atoms with van der Waals surface area (Å²) in [6.45, 7) is 2.19. The molecule has 0 saturated heterocycles. The number of hydrogen-bond acceptors (Lipinski definition) is 1. The molecular weight excluding hydrogens is 136 g/mol. The third-order valence-electron chi connectivity index (χ3n) is 1.77. The van der Waals surface area contributed by atoms with E-state index in [2.05, 4.69) is 12.8 Å². The lowest BCUT2D eigenvalue weighted by atomic mass is 10.1. The zero-order valence-corrected chi connectivity index (χ0v) is 7.34. The standard InChI is InChI=1S/C10H18O/c1-3-5-6-7-8-9-10(11)4-2/h2,10-11H,3,5-9H2,1H3/t10-/m1/s1. The van der Waals surface area contributed by atoms with Crippen LogP contribution in [0, 0.1) is 12.3 Å². The highest BCUT2D eigenvalue weighted by Gasteiger charge is 1.96. The van der Waals surface area contributed by atoms with Crippen molar-refractivity contribution in [2.45, 2.75) is 51.6 Å². The molecule has 11 heavy (non-hydrogen) atoms. The molecule has 0 fully saturated rings. The van der Waals surface area contributed by atoms with E-state index in [4.69, 9.17) is 11.5 Å². The molecule has 0 unspecified atom stereocenters. The quantitative estimate of drug-likeness (QED) is 0.460. The van der Waals surface area contributed by atoms with Crippen molar-refractivity contribution in [1.82, 2.24) is 0 Å². The maximum atomic E-state index is 8.98. The molecule has 0 radical (unpaired) electrons. The van der Waals surface area contributed by atoms with Crippen LogP contribution in [0.25, 0.3) is 0 Å². The zero-order chi connectivity index (χ0) is 8.53. The molecule has 0 rings (SSSR count). The first-order valence-electron chi connectivity index (χ1n) is 4.45. The van der Waals surface area contributed by atoms with Gasteiger partial charge in [0, 0.05) is 0 Å². The van der Waals surface area contributed by atoms with Crippen molar-refractivity contribution in [2.75, 3.05) is 0 Å². The van der Waals surface area contributed by atoms with Gasteiger partial charge in [0.1, 0.15) is 6.10 Å². The van der Waals surface area contributed by atoms with E-state index in [1.165, 1.54) is 25.7 Å². The lowest BCUT2D eigenvalue weighted by molar-refractivity contribution is 0.217. The van der Waals surface area contributed by atoms with E-state index < -0.39 is 6.10 Å². The first kappa shape index (κ1) is 10.5. The minimum absolute atomic E-state index is 0.517. The maximum absolute atomic E-state index is 8.98. The highest BCUT2D eigenvalue weighted by atomic mass is 16.3. The van der Waals surface area contributed by atoms with Gasteiger partial charge < -0.3 is 5.11 Å². The van der Waals surface area contributed by atoms with Gasteiger partial charge in [-0.05, 0) is 12.8 Å². The molecular formula is C10H18O. The van der Waals surface area contributed by atoms with Crippen molar-refractivity contribution in [2.24, 2.45) is 0 Å². The van der Waals surface area contributed by atoms with Crippen molar-refractivity contribution in [3.63, 3.8) is 0 Å². The zero-order valence-electron chi connectivity index (χ0n) is 7.34. The lowest BCUT2D eigenvalue weighted by Crippen LogP contribution is -2.01. The number of unbranched alkanes of at least 4 members (excludes halogenated alkanes) is 4. The van der Waals surface area contributed by atoms with E-state index in [1.54, 1.807) is 0 Å². The predicted molar refractivity (Wildman–Crippen MR) is 48.2 cm³/mol. The Morgan fingerprint density at radius 2 is 1.91 bits per heavy atom. The minimum Gasteiger partial charge on any atom is -0.380 e. The third-order valence-corrected chi connectivity index (χ3v) is 1.77. The number of hydrogen-bond donors (Lipinski definition) is 1. The van der Waals surface area contributed by atoms with Crippen molar-refractivity contribution < 1.29 is 5.11 Å². The summed E-state index contributed by atoms with van der Waals surface area (Å²) in [6.07, 6.45) is 11.4. The van der Waals surface area contributed by atoms with Gasteiger partial charge in [-0.15, -0.1) is 6.42 Å². The molecule has 1 nitrogen and oxygen atoms in total. The summed E-state index contributed by atoms with van der Waals surface area (Å²) in [5, 5.41) is 8.98. The summed E-state index contributed by atoms with van der Waals surface area (Å²) in [6, 6.07) is 0. The van der Waals surface area contributed by atoms with E-state index in [1.807, 2.05) is 0 Å². The Balaban J connectivity index is 2.97. The van der Waals surface area contributed by atoms with Crippen LogP contribution in [0.15, 0.2) is 0 Å². The Morgan fingerprint density at radius 3 is 2.45 bits per heavy atom. The third kappa shape index (κ3) is 7.42. The van der Waals surface area contributed by atoms with Gasteiger partial charge >= 0.3 is 0 Å². The predicted octanol–water partition coefficient (Wildman–Crippen LogP) is 2.34. The number of rotatable bonds is 6. The van der Waals surface area contributed by atoms with E-state index in [0.717, 1.165) is 12.8 Å². The van der Waals surface area contributed by atoms with E-state index in [9.17, 15) is 0 Å². The average molecular weight is 154 g/mol. The summed E-state index contributed by atoms with van der Waals surface area (Å²) >= 11 is 0. The average Bonchev–Trinajstić information content (AvgIpc) is 2.04. The molecule has 0 amide bonds. The molecule has 0 aromatic heterocycles. The highest BCUT2D eigenvalue weighted by molar-refractivity contribution is 4.92. The molecule has 1 heteroatoms. The monoisotopic (exact) mass is 154 g/mol. The molecule has 64 valence electrons. The Morgan fingerprint density at radius 1 is 1.27 bits per heavy atom. The largest absolute Gasteiger partial charge is 0.380 e. The minimum atomic E-state index is -0.517. The topological polar surface area (TPSA) is 20.2 Å². The summed E-state index contributed by atoms with van der Waals surface area (Å²) in [4.78, 5) is 0. The van der Waals surface area contributed by atoms with Gasteiger partial charge in [-0.3, -0.25) is 0 Å². The van der Waals surface area contributed by atoms with Crippen LogP contribution < -0.4 is 0 Å². The van der Waals surface area contributed by atoms with Crippen LogP contribution in [0.5, 0.6) is 0 Å². The van der Waals surface area contributed by atoms with Gasteiger partial charge in [-0.25, -0.2) is 0 Å². The molecule has 1 atom stereocenters. The molecule has 0 bridgehead atoms. The van der Waals surface area contributed by atoms with Crippen LogP contribution in [0.3, 0.4) is 0 Å². The van der Waals surface area contributed by atoms with Gasteiger partial charge in [0.15, 0.2) is 0 Å². The number of aliphatic hydroxyl groups is 1. The summed E-state index contributed by atoms with van der Waals surface area (Å²) in [7, 11) is 0. The second-order valence-electron chi connectivity index (χ2n) is 2.89. The van der Waals surface area contributed by atoms with Crippen molar-refractivity contribution in [3.05, 3.63) is 0 Å². The Hall–Kier alpha value is -0.480. The van der Waals surface area contributed by atoms with E-state index in [0.29, 0.717) is 0 Å². The van der Waals surface area contributed by atoms with E-state index in [-0.39, 0.29) is 0 Å². The number of terminal acetylenes is 1. The van der Waals surface area contributed by atoms with Crippen molar-refractivity contribution in [3.8, 4) is 12.3 Å². The molecule has 0 aromatic carbocycles. The molecule has 0 aromatic rings. The van der Waals surface area contributed by atoms with Crippen LogP contribution in [0.2, 0.25) is 0 Å². The maximum Gasteiger partial charge on any atom is 0.114 e. The smallest absolute Gasteiger partial charge is 0.114 e. The van der Waals surface area contributed by atoms with Crippen molar-refractivity contribution >= 4 is 0 Å². The fraction of sp³-hybridized carbons (Fsp3) is 0.800. The second kappa shape index (κ2) is 7.63. The molecule has 0 saturated carbocycles. The molecule has 1 N–H and O–H groups in total. The Bertz CT molecular complexity index is 113. The lowest BCUT2D eigenvalue weighted by Gasteiger charge is -2.01. The Labute approximate surface area is 69.8 Å². The second-order valence-corrected chi connectivity index (χ2v) is 2.89. The van der Waals surface area contributed by atoms with Crippen molar-refractivity contribution in [1.29, 1.82) is 0 Å². The van der Waals surface area contributed by atoms with Crippen LogP contribution in [0.4, 0.5) is 0 Å². The summed E-state index contributed by atoms with van der Waals surface area (Å²) in [5.74, 6) is 2.31. The van der Waals surface area contributed by atoms with Crippen LogP contribution in [-0.2, 0) is 0 Å². The van der Waals surface area contributed by atoms with Gasteiger partial charge in [-0.1, -0.05) is 38.5 Å². The van der Waals surface area contributed by atoms with Gasteiger partial charge in [0.2, 0.25) is 0 Å². The molecule has 0 aliphatic carbocycles. The summed E-state index contributed by atoms with van der Waals surface area (Å²) < 4.78 is 0.